The van der Waals surface area contributed by atoms with Gasteiger partial charge in [-0.1, -0.05) is 92.5 Å². The number of benzene rings is 1. The molecule has 1 aromatic carbocycles. The van der Waals surface area contributed by atoms with Crippen LogP contribution in [-0.2, 0) is 117 Å². The third-order valence-electron chi connectivity index (χ3n) is 19.9. The fourth-order valence-corrected chi connectivity index (χ4v) is 14.3. The Balaban J connectivity index is 2.84. The van der Waals surface area contributed by atoms with E-state index in [1.807, 2.05) is 0 Å². The molecule has 0 spiro atoms. The SMILES string of the molecule is CCNC(=O)C(CC(N)=O)NC(=O)C1CSSCC(NC(=O)C(CO)NC(=O)C(CO)NC(=O)C(N)CCCNC(=N)N)C(=O)NC(Cc2ccccc2)C(=O)NCC(=O)NCC(=O)NC(CCCNC(=N)N)C(=O)NC(C(C)CC)C(=O)NC(CC(=O)O)C(=O)NC(CCCNC(=N)N)C(=O)NC(C(C)CC)C(=O)NCC(=O)NCC(=O)NCC(=O)NCC(=O)NCC(=O)NCC(=O)NCC(=O)N1. The second-order valence-corrected chi connectivity index (χ2v) is 33.7. The van der Waals surface area contributed by atoms with Gasteiger partial charge in [-0.05, 0) is 62.8 Å². The second kappa shape index (κ2) is 66.0. The third-order valence-corrected chi connectivity index (χ3v) is 22.4. The molecule has 139 heavy (non-hydrogen) atoms. The van der Waals surface area contributed by atoms with Gasteiger partial charge in [-0.25, -0.2) is 0 Å². The van der Waals surface area contributed by atoms with Gasteiger partial charge in [-0.15, -0.1) is 0 Å². The lowest BCUT2D eigenvalue weighted by atomic mass is 9.96. The molecule has 0 aliphatic carbocycles. The third kappa shape index (κ3) is 50.7. The number of rotatable bonds is 34. The van der Waals surface area contributed by atoms with E-state index in [4.69, 9.17) is 44.9 Å². The number of nitrogens with one attached hydrogen (secondary N) is 27. The summed E-state index contributed by atoms with van der Waals surface area (Å²) in [4.78, 5) is 312. The maximum Gasteiger partial charge on any atom is 0.305 e. The van der Waals surface area contributed by atoms with Crippen LogP contribution in [0.2, 0.25) is 0 Å². The number of nitrogens with two attached hydrogens (primary N) is 5. The van der Waals surface area contributed by atoms with Crippen LogP contribution in [0.3, 0.4) is 0 Å². The molecular weight excluding hydrogens is 1880 g/mol. The topological polar surface area (TPSA) is 944 Å². The number of carboxylic acids is 1. The Labute approximate surface area is 805 Å². The molecule has 40 N–H and O–H groups in total. The molecule has 1 aliphatic heterocycles. The van der Waals surface area contributed by atoms with Crippen molar-refractivity contribution in [1.29, 1.82) is 16.2 Å². The molecule has 1 heterocycles. The average molecular weight is 2010 g/mol. The number of aliphatic carboxylic acids is 1. The summed E-state index contributed by atoms with van der Waals surface area (Å²) in [7, 11) is 1.34. The molecule has 2 rings (SSSR count). The van der Waals surface area contributed by atoms with Crippen molar-refractivity contribution < 1.29 is 126 Å². The van der Waals surface area contributed by atoms with Gasteiger partial charge in [0.1, 0.15) is 66.5 Å². The van der Waals surface area contributed by atoms with E-state index < -0.39 is 329 Å². The van der Waals surface area contributed by atoms with Crippen LogP contribution in [0.25, 0.3) is 0 Å². The number of hydrogen-bond donors (Lipinski definition) is 35. The number of carbonyl (C=O) groups excluding carboxylic acids is 22. The summed E-state index contributed by atoms with van der Waals surface area (Å²) in [5.74, 6) is -29.5. The number of likely N-dealkylation sites (N-methyl/N-ethyl adjacent to an activating group) is 1. The summed E-state index contributed by atoms with van der Waals surface area (Å²) in [5, 5.41) is 109. The number of aliphatic hydroxyl groups is 2. The molecule has 774 valence electrons. The first-order valence-corrected chi connectivity index (χ1v) is 46.3. The molecular formula is C79H130N32O26S2. The summed E-state index contributed by atoms with van der Waals surface area (Å²) in [6, 6.07) is -12.8. The van der Waals surface area contributed by atoms with Gasteiger partial charge in [0.15, 0.2) is 17.9 Å². The highest BCUT2D eigenvalue weighted by atomic mass is 33.1. The van der Waals surface area contributed by atoms with Crippen LogP contribution < -0.4 is 156 Å². The highest BCUT2D eigenvalue weighted by molar-refractivity contribution is 8.76. The van der Waals surface area contributed by atoms with Crippen molar-refractivity contribution in [1.82, 2.24) is 128 Å². The number of primary amides is 1. The molecule has 0 radical (unpaired) electrons. The van der Waals surface area contributed by atoms with Crippen molar-refractivity contribution >= 4 is 175 Å². The first-order valence-electron chi connectivity index (χ1n) is 43.8. The van der Waals surface area contributed by atoms with Gasteiger partial charge in [0.25, 0.3) is 0 Å². The van der Waals surface area contributed by atoms with Gasteiger partial charge in [0, 0.05) is 44.1 Å². The number of hydrogen-bond acceptors (Lipinski definition) is 31. The summed E-state index contributed by atoms with van der Waals surface area (Å²) < 4.78 is 0. The minimum atomic E-state index is -2.03. The highest BCUT2D eigenvalue weighted by Crippen LogP contribution is 2.24. The average Bonchev–Trinajstić information content (AvgIpc) is 0.815. The molecule has 14 atom stereocenters. The van der Waals surface area contributed by atoms with Gasteiger partial charge in [-0.2, -0.15) is 0 Å². The molecule has 14 unspecified atom stereocenters. The van der Waals surface area contributed by atoms with Gasteiger partial charge in [0.2, 0.25) is 130 Å². The van der Waals surface area contributed by atoms with E-state index in [2.05, 4.69) is 128 Å². The number of carboxylic acid groups (broad SMARTS) is 1. The summed E-state index contributed by atoms with van der Waals surface area (Å²) in [6.45, 7) is -2.19. The highest BCUT2D eigenvalue weighted by Gasteiger charge is 2.39. The predicted octanol–water partition coefficient (Wildman–Crippen LogP) is -16.3. The normalized spacial score (nSPS) is 21.0. The van der Waals surface area contributed by atoms with E-state index in [0.29, 0.717) is 27.2 Å². The standard InChI is InChI=1S/C79H130N32O26S2/c1-6-39(4)63-75(136)100-32-59(121)96-29-56(118)94-27-54(116)92-26-53(115)93-28-55(117)95-30-57(119)97-34-61(123)102-50(73(134)105-46(24-52(81)114)66(127)88-8-3)37-138-139-38-51(109-72(133)49(36-113)108-71(132)48(35-112)107-65(126)42(80)17-12-20-89-77(82)83)74(135)104-45(23-41-15-10-9-11-16-41)67(128)99-31-58(120)98-33-60(122)101-43(18-13-21-90-78(84)85)68(129)111-64(40(5)7-2)76(137)106-47(25-62(124)125)70(131)103-44(69(130)110-63)19-14-22-91-79(86)87/h9-11,15-16,39-40,42-51,63-64,112-113H,6-8,12-14,17-38,80H2,1-5H3,(H2,81,114)(H,88,127)(H,92,116)(H,93,115)(H,94,118)(H,95,117)(H,96,121)(H,97,119)(H,98,120)(H,99,128)(H,100,136)(H,101,122)(H,102,123)(H,103,131)(H,104,135)(H,105,134)(H,106,137)(H,107,126)(H,108,132)(H,109,133)(H,110,130)(H,111,129)(H,124,125)(H4,82,83,89)(H4,84,85,90)(H4,86,87,91). The lowest BCUT2D eigenvalue weighted by Gasteiger charge is -2.29. The smallest absolute Gasteiger partial charge is 0.305 e. The predicted molar refractivity (Wildman–Crippen MR) is 497 cm³/mol. The van der Waals surface area contributed by atoms with E-state index in [1.165, 1.54) is 26.0 Å². The van der Waals surface area contributed by atoms with Crippen LogP contribution in [0.1, 0.15) is 104 Å². The Kier molecular flexibility index (Phi) is 57.2. The second-order valence-electron chi connectivity index (χ2n) is 31.1. The molecule has 60 heteroatoms. The Morgan fingerprint density at radius 3 is 1.27 bits per heavy atom. The minimum Gasteiger partial charge on any atom is -0.481 e. The van der Waals surface area contributed by atoms with Crippen LogP contribution in [-0.4, -0.2) is 351 Å². The van der Waals surface area contributed by atoms with Gasteiger partial charge >= 0.3 is 5.97 Å². The lowest BCUT2D eigenvalue weighted by molar-refractivity contribution is -0.142. The number of aliphatic hydroxyl groups excluding tert-OH is 2. The molecule has 0 bridgehead atoms. The van der Waals surface area contributed by atoms with Crippen molar-refractivity contribution in [3.05, 3.63) is 35.9 Å². The van der Waals surface area contributed by atoms with Crippen molar-refractivity contribution in [2.45, 2.75) is 178 Å². The molecule has 58 nitrogen and oxygen atoms in total. The fourth-order valence-electron chi connectivity index (χ4n) is 12.0. The van der Waals surface area contributed by atoms with E-state index in [9.17, 15) is 126 Å². The van der Waals surface area contributed by atoms with E-state index >= 15 is 0 Å². The minimum absolute atomic E-state index is 0.0122. The van der Waals surface area contributed by atoms with E-state index in [0.717, 1.165) is 0 Å². The van der Waals surface area contributed by atoms with E-state index in [-0.39, 0.29) is 89.9 Å². The van der Waals surface area contributed by atoms with Crippen LogP contribution in [0.15, 0.2) is 30.3 Å². The van der Waals surface area contributed by atoms with Crippen LogP contribution in [0, 0.1) is 28.1 Å². The first-order chi connectivity index (χ1) is 65.7. The fraction of sp³-hybridized carbons (Fsp3) is 0.595. The zero-order valence-corrected chi connectivity index (χ0v) is 78.8. The Morgan fingerprint density at radius 2 is 0.820 bits per heavy atom. The zero-order valence-electron chi connectivity index (χ0n) is 77.2. The first kappa shape index (κ1) is 120. The summed E-state index contributed by atoms with van der Waals surface area (Å²) >= 11 is 0. The molecule has 1 fully saturated rings. The van der Waals surface area contributed by atoms with Crippen molar-refractivity contribution in [3.63, 3.8) is 0 Å². The summed E-state index contributed by atoms with van der Waals surface area (Å²) in [5.41, 5.74) is 28.0. The molecule has 1 aliphatic rings. The maximum atomic E-state index is 14.9. The van der Waals surface area contributed by atoms with Crippen LogP contribution >= 0.6 is 21.6 Å². The largest absolute Gasteiger partial charge is 0.481 e. The molecule has 1 saturated heterocycles. The maximum absolute atomic E-state index is 14.9. The van der Waals surface area contributed by atoms with Crippen molar-refractivity contribution in [3.8, 4) is 0 Å². The number of amides is 22. The molecule has 0 aromatic heterocycles. The van der Waals surface area contributed by atoms with E-state index in [1.54, 1.807) is 39.0 Å². The molecule has 0 saturated carbocycles. The Bertz CT molecular complexity index is 4450. The molecule has 22 amide bonds. The monoisotopic (exact) mass is 2010 g/mol. The summed E-state index contributed by atoms with van der Waals surface area (Å²) in [6.07, 6.45) is -2.48. The quantitative estimate of drug-likeness (QED) is 0.0132. The van der Waals surface area contributed by atoms with Gasteiger partial charge in [0.05, 0.1) is 91.0 Å². The van der Waals surface area contributed by atoms with Crippen LogP contribution in [0.5, 0.6) is 0 Å². The number of guanidine groups is 3. The van der Waals surface area contributed by atoms with Crippen LogP contribution in [0.4, 0.5) is 0 Å². The van der Waals surface area contributed by atoms with Gasteiger partial charge in [-0.3, -0.25) is 127 Å². The Hall–Kier alpha value is -14.6. The lowest BCUT2D eigenvalue weighted by Crippen LogP contribution is -2.61. The van der Waals surface area contributed by atoms with Gasteiger partial charge < -0.3 is 172 Å². The molecule has 1 aromatic rings. The zero-order chi connectivity index (χ0) is 104. The van der Waals surface area contributed by atoms with Crippen molar-refractivity contribution in [2.24, 2.45) is 40.5 Å². The Morgan fingerprint density at radius 1 is 0.424 bits per heavy atom. The number of carbonyl (C=O) groups is 23. The van der Waals surface area contributed by atoms with Crippen molar-refractivity contribution in [2.75, 3.05) is 110 Å².